The average Bonchev–Trinajstić information content (AvgIpc) is 3.14. The quantitative estimate of drug-likeness (QED) is 0.598. The van der Waals surface area contributed by atoms with Gasteiger partial charge in [-0.1, -0.05) is 19.9 Å². The van der Waals surface area contributed by atoms with E-state index in [2.05, 4.69) is 23.7 Å². The largest absolute Gasteiger partial charge is 0.382 e. The average molecular weight is 246 g/mol. The van der Waals surface area contributed by atoms with Crippen molar-refractivity contribution in [3.8, 4) is 0 Å². The topological polar surface area (TPSA) is 66.0 Å². The molecule has 1 saturated carbocycles. The zero-order valence-corrected chi connectivity index (χ0v) is 11.2. The summed E-state index contributed by atoms with van der Waals surface area (Å²) in [5.74, 6) is 1.70. The minimum atomic E-state index is 0.0384. The van der Waals surface area contributed by atoms with Crippen LogP contribution in [0.1, 0.15) is 38.8 Å². The molecule has 3 N–H and O–H groups in total. The van der Waals surface area contributed by atoms with Gasteiger partial charge in [0.2, 0.25) is 0 Å². The molecule has 1 aromatic rings. The second-order valence-electron chi connectivity index (χ2n) is 5.40. The Kier molecular flexibility index (Phi) is 3.84. The van der Waals surface area contributed by atoms with Gasteiger partial charge in [-0.25, -0.2) is 4.98 Å². The van der Waals surface area contributed by atoms with Gasteiger partial charge in [-0.05, 0) is 37.3 Å². The van der Waals surface area contributed by atoms with Crippen LogP contribution in [-0.4, -0.2) is 23.4 Å². The van der Waals surface area contributed by atoms with Crippen molar-refractivity contribution in [1.82, 2.24) is 4.98 Å². The molecule has 4 nitrogen and oxygen atoms in total. The van der Waals surface area contributed by atoms with Crippen molar-refractivity contribution in [3.63, 3.8) is 0 Å². The van der Waals surface area contributed by atoms with Crippen LogP contribution in [0, 0.1) is 11.3 Å². The van der Waals surface area contributed by atoms with Crippen molar-refractivity contribution in [2.24, 2.45) is 11.7 Å². The van der Waals surface area contributed by atoms with Gasteiger partial charge in [0.25, 0.3) is 0 Å². The minimum Gasteiger partial charge on any atom is -0.382 e. The number of pyridine rings is 1. The van der Waals surface area contributed by atoms with Gasteiger partial charge < -0.3 is 10.6 Å². The van der Waals surface area contributed by atoms with E-state index in [4.69, 9.17) is 11.1 Å². The van der Waals surface area contributed by atoms with Crippen molar-refractivity contribution in [1.29, 1.82) is 5.41 Å². The lowest BCUT2D eigenvalue weighted by Crippen LogP contribution is -2.29. The summed E-state index contributed by atoms with van der Waals surface area (Å²) < 4.78 is 0. The Labute approximate surface area is 109 Å². The molecule has 0 aliphatic heterocycles. The molecule has 98 valence electrons. The van der Waals surface area contributed by atoms with Gasteiger partial charge in [-0.2, -0.15) is 0 Å². The van der Waals surface area contributed by atoms with Crippen molar-refractivity contribution < 1.29 is 0 Å². The molecular formula is C14H22N4. The van der Waals surface area contributed by atoms with Crippen LogP contribution in [-0.2, 0) is 0 Å². The Morgan fingerprint density at radius 3 is 2.78 bits per heavy atom. The summed E-state index contributed by atoms with van der Waals surface area (Å²) in [5.41, 5.74) is 6.07. The maximum atomic E-state index is 7.46. The number of hydrogen-bond acceptors (Lipinski definition) is 3. The molecule has 0 radical (unpaired) electrons. The molecule has 4 heteroatoms. The SMILES string of the molecule is CC(C)CCN(c1cccc(C(=N)N)n1)C1CC1. The fraction of sp³-hybridized carbons (Fsp3) is 0.571. The summed E-state index contributed by atoms with van der Waals surface area (Å²) in [7, 11) is 0. The predicted molar refractivity (Wildman–Crippen MR) is 75.1 cm³/mol. The molecule has 1 heterocycles. The number of amidine groups is 1. The van der Waals surface area contributed by atoms with Crippen molar-refractivity contribution in [3.05, 3.63) is 23.9 Å². The summed E-state index contributed by atoms with van der Waals surface area (Å²) in [6.45, 7) is 5.52. The van der Waals surface area contributed by atoms with E-state index in [0.717, 1.165) is 12.4 Å². The fourth-order valence-corrected chi connectivity index (χ4v) is 2.00. The Hall–Kier alpha value is -1.58. The molecule has 0 atom stereocenters. The third kappa shape index (κ3) is 3.22. The molecule has 1 fully saturated rings. The van der Waals surface area contributed by atoms with Crippen LogP contribution in [0.25, 0.3) is 0 Å². The lowest BCUT2D eigenvalue weighted by molar-refractivity contribution is 0.568. The Bertz CT molecular complexity index is 424. The van der Waals surface area contributed by atoms with Crippen LogP contribution in [0.2, 0.25) is 0 Å². The van der Waals surface area contributed by atoms with Crippen LogP contribution in [0.5, 0.6) is 0 Å². The summed E-state index contributed by atoms with van der Waals surface area (Å²) in [6.07, 6.45) is 3.68. The van der Waals surface area contributed by atoms with Crippen LogP contribution < -0.4 is 10.6 Å². The standard InChI is InChI=1S/C14H22N4/c1-10(2)8-9-18(11-6-7-11)13-5-3-4-12(17-13)14(15)16/h3-5,10-11H,6-9H2,1-2H3,(H3,15,16). The van der Waals surface area contributed by atoms with Gasteiger partial charge in [0.15, 0.2) is 0 Å². The smallest absolute Gasteiger partial charge is 0.141 e. The highest BCUT2D eigenvalue weighted by Gasteiger charge is 2.29. The lowest BCUT2D eigenvalue weighted by atomic mass is 10.1. The first-order valence-electron chi connectivity index (χ1n) is 6.66. The summed E-state index contributed by atoms with van der Waals surface area (Å²) in [4.78, 5) is 6.86. The van der Waals surface area contributed by atoms with E-state index >= 15 is 0 Å². The lowest BCUT2D eigenvalue weighted by Gasteiger charge is -2.24. The Morgan fingerprint density at radius 1 is 1.50 bits per heavy atom. The summed E-state index contributed by atoms with van der Waals surface area (Å²) >= 11 is 0. The van der Waals surface area contributed by atoms with Crippen LogP contribution >= 0.6 is 0 Å². The molecule has 0 amide bonds. The molecular weight excluding hydrogens is 224 g/mol. The van der Waals surface area contributed by atoms with Gasteiger partial charge in [0.1, 0.15) is 17.3 Å². The van der Waals surface area contributed by atoms with E-state index < -0.39 is 0 Å². The number of nitrogen functional groups attached to an aromatic ring is 1. The predicted octanol–water partition coefficient (Wildman–Crippen LogP) is 2.38. The van der Waals surface area contributed by atoms with E-state index in [9.17, 15) is 0 Å². The highest BCUT2D eigenvalue weighted by atomic mass is 15.2. The van der Waals surface area contributed by atoms with Gasteiger partial charge in [-0.3, -0.25) is 5.41 Å². The zero-order chi connectivity index (χ0) is 13.1. The van der Waals surface area contributed by atoms with Gasteiger partial charge in [-0.15, -0.1) is 0 Å². The first kappa shape index (κ1) is 12.9. The first-order valence-corrected chi connectivity index (χ1v) is 6.66. The van der Waals surface area contributed by atoms with Gasteiger partial charge in [0, 0.05) is 12.6 Å². The molecule has 0 unspecified atom stereocenters. The number of aromatic nitrogens is 1. The monoisotopic (exact) mass is 246 g/mol. The molecule has 0 bridgehead atoms. The molecule has 18 heavy (non-hydrogen) atoms. The molecule has 0 spiro atoms. The van der Waals surface area contributed by atoms with E-state index in [1.807, 2.05) is 12.1 Å². The number of nitrogens with zero attached hydrogens (tertiary/aromatic N) is 2. The van der Waals surface area contributed by atoms with Gasteiger partial charge >= 0.3 is 0 Å². The second-order valence-corrected chi connectivity index (χ2v) is 5.40. The van der Waals surface area contributed by atoms with Crippen LogP contribution in [0.4, 0.5) is 5.82 Å². The molecule has 0 aromatic carbocycles. The summed E-state index contributed by atoms with van der Waals surface area (Å²) in [5, 5.41) is 7.46. The Morgan fingerprint density at radius 2 is 2.22 bits per heavy atom. The number of nitrogens with one attached hydrogen (secondary N) is 1. The molecule has 1 aliphatic carbocycles. The number of rotatable bonds is 6. The fourth-order valence-electron chi connectivity index (χ4n) is 2.00. The van der Waals surface area contributed by atoms with Crippen molar-refractivity contribution in [2.75, 3.05) is 11.4 Å². The first-order chi connectivity index (χ1) is 8.58. The number of nitrogens with two attached hydrogens (primary N) is 1. The molecule has 0 saturated heterocycles. The second kappa shape index (κ2) is 5.38. The van der Waals surface area contributed by atoms with Crippen molar-refractivity contribution >= 4 is 11.7 Å². The number of anilines is 1. The highest BCUT2D eigenvalue weighted by Crippen LogP contribution is 2.31. The maximum absolute atomic E-state index is 7.46. The zero-order valence-electron chi connectivity index (χ0n) is 11.2. The van der Waals surface area contributed by atoms with Crippen LogP contribution in [0.15, 0.2) is 18.2 Å². The van der Waals surface area contributed by atoms with Crippen LogP contribution in [0.3, 0.4) is 0 Å². The third-order valence-electron chi connectivity index (χ3n) is 3.24. The molecule has 1 aliphatic rings. The molecule has 1 aromatic heterocycles. The van der Waals surface area contributed by atoms with E-state index in [-0.39, 0.29) is 5.84 Å². The Balaban J connectivity index is 2.14. The van der Waals surface area contributed by atoms with Crippen molar-refractivity contribution in [2.45, 2.75) is 39.2 Å². The normalized spacial score (nSPS) is 14.8. The third-order valence-corrected chi connectivity index (χ3v) is 3.24. The van der Waals surface area contributed by atoms with E-state index in [0.29, 0.717) is 17.7 Å². The van der Waals surface area contributed by atoms with E-state index in [1.54, 1.807) is 6.07 Å². The highest BCUT2D eigenvalue weighted by molar-refractivity contribution is 5.93. The molecule has 2 rings (SSSR count). The minimum absolute atomic E-state index is 0.0384. The van der Waals surface area contributed by atoms with Gasteiger partial charge in [0.05, 0.1) is 0 Å². The van der Waals surface area contributed by atoms with E-state index in [1.165, 1.54) is 19.3 Å². The maximum Gasteiger partial charge on any atom is 0.141 e. The summed E-state index contributed by atoms with van der Waals surface area (Å²) in [6, 6.07) is 6.38. The number of hydrogen-bond donors (Lipinski definition) is 2.